The third kappa shape index (κ3) is 4.08. The zero-order valence-corrected chi connectivity index (χ0v) is 8.43. The van der Waals surface area contributed by atoms with Gasteiger partial charge in [-0.05, 0) is 28.9 Å². The first-order valence-corrected chi connectivity index (χ1v) is 4.13. The van der Waals surface area contributed by atoms with Crippen molar-refractivity contribution >= 4 is 27.6 Å². The maximum absolute atomic E-state index is 11.0. The van der Waals surface area contributed by atoms with Crippen LogP contribution in [0.1, 0.15) is 6.92 Å². The summed E-state index contributed by atoms with van der Waals surface area (Å²) in [5, 5.41) is 0. The molecule has 3 nitrogen and oxygen atoms in total. The Bertz CT molecular complexity index is 233. The van der Waals surface area contributed by atoms with E-state index in [4.69, 9.17) is 4.74 Å². The topological polar surface area (TPSA) is 38.7 Å². The minimum atomic E-state index is -0.492. The Hall–Kier alpha value is -0.900. The molecule has 0 aliphatic heterocycles. The normalized spacial score (nSPS) is 10.7. The summed E-state index contributed by atoms with van der Waals surface area (Å²) < 4.78 is 5.06. The molecular weight excluding hydrogens is 222 g/mol. The lowest BCUT2D eigenvalue weighted by molar-refractivity contribution is -0.134. The predicted octanol–water partition coefficient (Wildman–Crippen LogP) is 2.04. The van der Waals surface area contributed by atoms with E-state index < -0.39 is 5.97 Å². The van der Waals surface area contributed by atoms with Gasteiger partial charge in [0.25, 0.3) is 0 Å². The zero-order chi connectivity index (χ0) is 9.56. The van der Waals surface area contributed by atoms with Crippen LogP contribution in [0.2, 0.25) is 0 Å². The largest absolute Gasteiger partial charge is 0.461 e. The van der Waals surface area contributed by atoms with Crippen LogP contribution in [0, 0.1) is 0 Å². The monoisotopic (exact) mass is 231 g/mol. The van der Waals surface area contributed by atoms with Crippen LogP contribution >= 0.6 is 15.9 Å². The van der Waals surface area contributed by atoms with Gasteiger partial charge < -0.3 is 4.74 Å². The van der Waals surface area contributed by atoms with Crippen molar-refractivity contribution in [2.45, 2.75) is 6.92 Å². The quantitative estimate of drug-likeness (QED) is 0.422. The number of halogens is 1. The van der Waals surface area contributed by atoms with Crippen molar-refractivity contribution in [3.05, 3.63) is 23.8 Å². The van der Waals surface area contributed by atoms with Crippen molar-refractivity contribution in [2.24, 2.45) is 4.99 Å². The summed E-state index contributed by atoms with van der Waals surface area (Å²) in [5.41, 5.74) is 0.152. The molecule has 0 aliphatic rings. The van der Waals surface area contributed by atoms with Crippen molar-refractivity contribution in [3.8, 4) is 0 Å². The van der Waals surface area contributed by atoms with Crippen LogP contribution in [0.3, 0.4) is 0 Å². The van der Waals surface area contributed by atoms with Crippen LogP contribution in [0.25, 0.3) is 0 Å². The molecular formula is C8H10BrNO2. The predicted molar refractivity (Wildman–Crippen MR) is 52.3 cm³/mol. The first-order chi connectivity index (χ1) is 5.61. The first-order valence-electron chi connectivity index (χ1n) is 3.34. The molecule has 0 spiro atoms. The molecule has 0 aromatic heterocycles. The van der Waals surface area contributed by atoms with Crippen LogP contribution in [-0.2, 0) is 9.53 Å². The van der Waals surface area contributed by atoms with Gasteiger partial charge in [0.2, 0.25) is 0 Å². The third-order valence-corrected chi connectivity index (χ3v) is 1.10. The van der Waals surface area contributed by atoms with Gasteiger partial charge in [0.15, 0.2) is 0 Å². The average molecular weight is 232 g/mol. The van der Waals surface area contributed by atoms with Gasteiger partial charge in [-0.25, -0.2) is 9.79 Å². The van der Waals surface area contributed by atoms with Crippen molar-refractivity contribution in [1.82, 2.24) is 0 Å². The summed E-state index contributed by atoms with van der Waals surface area (Å²) in [7, 11) is 0. The Balaban J connectivity index is 4.44. The van der Waals surface area contributed by atoms with Crippen LogP contribution < -0.4 is 0 Å². The molecule has 66 valence electrons. The molecule has 0 aliphatic carbocycles. The lowest BCUT2D eigenvalue weighted by atomic mass is 10.4. The highest BCUT2D eigenvalue weighted by Gasteiger charge is 2.07. The summed E-state index contributed by atoms with van der Waals surface area (Å²) in [4.78, 5) is 14.8. The Labute approximate surface area is 80.0 Å². The fraction of sp³-hybridized carbons (Fsp3) is 0.250. The standard InChI is InChI=1S/C8H10BrNO2/c1-4-7(10-6(3)9)8(11)12-5-2/h4H,1,3,5H2,2H3/b10-7+. The molecule has 0 N–H and O–H groups in total. The summed E-state index contributed by atoms with van der Waals surface area (Å²) in [6.45, 7) is 8.93. The fourth-order valence-electron chi connectivity index (χ4n) is 0.510. The number of nitrogens with zero attached hydrogens (tertiary/aromatic N) is 1. The smallest absolute Gasteiger partial charge is 0.356 e. The SMILES string of the molecule is C=C/C(=N\C(=C)Br)C(=O)OCC. The van der Waals surface area contributed by atoms with Gasteiger partial charge >= 0.3 is 5.97 Å². The van der Waals surface area contributed by atoms with Crippen LogP contribution in [0.4, 0.5) is 0 Å². The first kappa shape index (κ1) is 11.1. The number of carbonyl (C=O) groups is 1. The number of rotatable bonds is 4. The number of carbonyl (C=O) groups excluding carboxylic acids is 1. The van der Waals surface area contributed by atoms with E-state index >= 15 is 0 Å². The van der Waals surface area contributed by atoms with Gasteiger partial charge in [0, 0.05) is 0 Å². The average Bonchev–Trinajstić information content (AvgIpc) is 2.00. The van der Waals surface area contributed by atoms with Gasteiger partial charge in [0.05, 0.1) is 11.2 Å². The molecule has 0 amide bonds. The highest BCUT2D eigenvalue weighted by Crippen LogP contribution is 2.03. The van der Waals surface area contributed by atoms with Crippen LogP contribution in [0.5, 0.6) is 0 Å². The maximum Gasteiger partial charge on any atom is 0.356 e. The summed E-state index contributed by atoms with van der Waals surface area (Å²) >= 11 is 3.00. The maximum atomic E-state index is 11.0. The number of ether oxygens (including phenoxy) is 1. The van der Waals surface area contributed by atoms with Gasteiger partial charge in [-0.2, -0.15) is 0 Å². The second-order valence-electron chi connectivity index (χ2n) is 1.80. The Morgan fingerprint density at radius 1 is 1.75 bits per heavy atom. The van der Waals surface area contributed by atoms with Crippen LogP contribution in [-0.4, -0.2) is 18.3 Å². The Morgan fingerprint density at radius 2 is 2.33 bits per heavy atom. The number of hydrogen-bond acceptors (Lipinski definition) is 3. The molecule has 0 unspecified atom stereocenters. The number of esters is 1. The van der Waals surface area contributed by atoms with E-state index in [1.54, 1.807) is 6.92 Å². The fourth-order valence-corrected chi connectivity index (χ4v) is 0.701. The lowest BCUT2D eigenvalue weighted by Gasteiger charge is -1.99. The molecule has 12 heavy (non-hydrogen) atoms. The lowest BCUT2D eigenvalue weighted by Crippen LogP contribution is -2.14. The number of hydrogen-bond donors (Lipinski definition) is 0. The van der Waals surface area contributed by atoms with E-state index in [-0.39, 0.29) is 5.71 Å². The van der Waals surface area contributed by atoms with Crippen LogP contribution in [0.15, 0.2) is 28.8 Å². The van der Waals surface area contributed by atoms with Crippen molar-refractivity contribution in [1.29, 1.82) is 0 Å². The van der Waals surface area contributed by atoms with Gasteiger partial charge in [0.1, 0.15) is 5.71 Å². The molecule has 0 saturated carbocycles. The third-order valence-electron chi connectivity index (χ3n) is 0.920. The second kappa shape index (κ2) is 5.71. The molecule has 0 fully saturated rings. The Kier molecular flexibility index (Phi) is 5.28. The molecule has 0 heterocycles. The number of aliphatic imine (C=N–C) groups is 1. The minimum Gasteiger partial charge on any atom is -0.461 e. The van der Waals surface area contributed by atoms with Crippen molar-refractivity contribution in [2.75, 3.05) is 6.61 Å². The Morgan fingerprint density at radius 3 is 2.67 bits per heavy atom. The zero-order valence-electron chi connectivity index (χ0n) is 6.84. The second-order valence-corrected chi connectivity index (χ2v) is 2.71. The van der Waals surface area contributed by atoms with E-state index in [9.17, 15) is 4.79 Å². The molecule has 4 heteroatoms. The van der Waals surface area contributed by atoms with Gasteiger partial charge in [-0.15, -0.1) is 0 Å². The molecule has 0 atom stereocenters. The molecule has 0 radical (unpaired) electrons. The summed E-state index contributed by atoms with van der Waals surface area (Å²) in [6.07, 6.45) is 1.32. The molecule has 0 rings (SSSR count). The summed E-state index contributed by atoms with van der Waals surface area (Å²) in [5.74, 6) is -0.492. The van der Waals surface area contributed by atoms with E-state index in [0.29, 0.717) is 11.2 Å². The summed E-state index contributed by atoms with van der Waals surface area (Å²) in [6, 6.07) is 0. The van der Waals surface area contributed by atoms with Crippen molar-refractivity contribution in [3.63, 3.8) is 0 Å². The molecule has 0 aromatic carbocycles. The van der Waals surface area contributed by atoms with Gasteiger partial charge in [-0.1, -0.05) is 13.2 Å². The van der Waals surface area contributed by atoms with E-state index in [1.807, 2.05) is 0 Å². The molecule has 0 aromatic rings. The van der Waals surface area contributed by atoms with Crippen molar-refractivity contribution < 1.29 is 9.53 Å². The molecule has 0 saturated heterocycles. The van der Waals surface area contributed by atoms with Gasteiger partial charge in [-0.3, -0.25) is 0 Å². The van der Waals surface area contributed by atoms with E-state index in [0.717, 1.165) is 0 Å². The molecule has 0 bridgehead atoms. The van der Waals surface area contributed by atoms with E-state index in [2.05, 4.69) is 34.1 Å². The van der Waals surface area contributed by atoms with E-state index in [1.165, 1.54) is 6.08 Å². The minimum absolute atomic E-state index is 0.152. The highest BCUT2D eigenvalue weighted by molar-refractivity contribution is 9.11. The highest BCUT2D eigenvalue weighted by atomic mass is 79.9.